The Morgan fingerprint density at radius 2 is 0.911 bits per heavy atom. The Morgan fingerprint density at radius 3 is 1.29 bits per heavy atom. The largest absolute Gasteiger partial charge is 0.465 e. The van der Waals surface area contributed by atoms with Crippen LogP contribution in [0.5, 0.6) is 0 Å². The molecular formula is C42H44N6O8. The molecule has 6 amide bonds. The van der Waals surface area contributed by atoms with Crippen LogP contribution in [-0.4, -0.2) is 81.0 Å². The molecule has 0 saturated carbocycles. The van der Waals surface area contributed by atoms with Gasteiger partial charge in [-0.15, -0.1) is 0 Å². The average Bonchev–Trinajstić information content (AvgIpc) is 3.18. The Labute approximate surface area is 323 Å². The van der Waals surface area contributed by atoms with Crippen LogP contribution in [-0.2, 0) is 32.0 Å². The summed E-state index contributed by atoms with van der Waals surface area (Å²) in [6, 6.07) is 26.2. The number of anilines is 4. The SMILES string of the molecule is O=C(O)Nc1cc(NC(=O)C2CCCCN2C(=O)Cc2ccccc2)ccc1-c1ccc(NC(=O)[C@@H]2CCCCN2C(=O)Cc2ccccc2)cc1NC(=O)O. The topological polar surface area (TPSA) is 197 Å². The lowest BCUT2D eigenvalue weighted by Crippen LogP contribution is -2.50. The molecule has 2 fully saturated rings. The number of amides is 6. The maximum absolute atomic E-state index is 13.6. The second-order valence-corrected chi connectivity index (χ2v) is 13.9. The summed E-state index contributed by atoms with van der Waals surface area (Å²) >= 11 is 0. The highest BCUT2D eigenvalue weighted by molar-refractivity contribution is 6.03. The van der Waals surface area contributed by atoms with E-state index in [4.69, 9.17) is 0 Å². The van der Waals surface area contributed by atoms with Gasteiger partial charge < -0.3 is 30.6 Å². The lowest BCUT2D eigenvalue weighted by molar-refractivity contribution is -0.139. The first-order valence-electron chi connectivity index (χ1n) is 18.6. The van der Waals surface area contributed by atoms with Gasteiger partial charge in [0.15, 0.2) is 0 Å². The molecule has 14 heteroatoms. The Hall–Kier alpha value is -6.70. The third-order valence-electron chi connectivity index (χ3n) is 10.00. The minimum atomic E-state index is -1.39. The van der Waals surface area contributed by atoms with E-state index in [1.807, 2.05) is 60.7 Å². The molecule has 56 heavy (non-hydrogen) atoms. The Bertz CT molecular complexity index is 1940. The highest BCUT2D eigenvalue weighted by Gasteiger charge is 2.33. The number of rotatable bonds is 11. The molecule has 290 valence electrons. The van der Waals surface area contributed by atoms with Gasteiger partial charge in [-0.2, -0.15) is 0 Å². The quantitative estimate of drug-likeness (QED) is 0.0976. The fourth-order valence-electron chi connectivity index (χ4n) is 7.35. The van der Waals surface area contributed by atoms with Crippen molar-refractivity contribution in [1.29, 1.82) is 0 Å². The molecule has 2 saturated heterocycles. The minimum Gasteiger partial charge on any atom is -0.465 e. The summed E-state index contributed by atoms with van der Waals surface area (Å²) in [4.78, 5) is 80.8. The number of carbonyl (C=O) groups is 6. The summed E-state index contributed by atoms with van der Waals surface area (Å²) < 4.78 is 0. The van der Waals surface area contributed by atoms with Crippen LogP contribution in [0.2, 0.25) is 0 Å². The monoisotopic (exact) mass is 760 g/mol. The van der Waals surface area contributed by atoms with E-state index in [-0.39, 0.29) is 58.5 Å². The van der Waals surface area contributed by atoms with Crippen LogP contribution in [0.4, 0.5) is 32.3 Å². The number of hydrogen-bond acceptors (Lipinski definition) is 6. The van der Waals surface area contributed by atoms with E-state index in [1.165, 1.54) is 12.1 Å². The molecule has 6 N–H and O–H groups in total. The van der Waals surface area contributed by atoms with Crippen molar-refractivity contribution < 1.29 is 39.0 Å². The predicted octanol–water partition coefficient (Wildman–Crippen LogP) is 6.66. The summed E-state index contributed by atoms with van der Waals surface area (Å²) in [5.74, 6) is -1.14. The molecule has 2 aliphatic heterocycles. The number of likely N-dealkylation sites (tertiary alicyclic amines) is 2. The normalized spacial score (nSPS) is 16.6. The number of hydrogen-bond donors (Lipinski definition) is 6. The number of nitrogens with zero attached hydrogens (tertiary/aromatic N) is 2. The van der Waals surface area contributed by atoms with Crippen LogP contribution in [0, 0.1) is 0 Å². The highest BCUT2D eigenvalue weighted by Crippen LogP contribution is 2.38. The molecule has 14 nitrogen and oxygen atoms in total. The molecule has 0 spiro atoms. The number of nitrogens with one attached hydrogen (secondary N) is 4. The maximum Gasteiger partial charge on any atom is 0.409 e. The van der Waals surface area contributed by atoms with Crippen LogP contribution in [0.15, 0.2) is 97.1 Å². The van der Waals surface area contributed by atoms with Gasteiger partial charge in [-0.3, -0.25) is 29.8 Å². The number of carboxylic acid groups (broad SMARTS) is 2. The Kier molecular flexibility index (Phi) is 12.6. The molecule has 4 aromatic rings. The fraction of sp³-hybridized carbons (Fsp3) is 0.286. The van der Waals surface area contributed by atoms with Gasteiger partial charge in [-0.25, -0.2) is 9.59 Å². The van der Waals surface area contributed by atoms with Gasteiger partial charge >= 0.3 is 12.2 Å². The number of benzene rings is 4. The van der Waals surface area contributed by atoms with Gasteiger partial charge in [0.2, 0.25) is 23.6 Å². The van der Waals surface area contributed by atoms with Crippen molar-refractivity contribution in [1.82, 2.24) is 9.80 Å². The summed E-state index contributed by atoms with van der Waals surface area (Å²) in [6.45, 7) is 0.880. The van der Waals surface area contributed by atoms with Gasteiger partial charge in [0, 0.05) is 35.6 Å². The van der Waals surface area contributed by atoms with Crippen molar-refractivity contribution in [3.05, 3.63) is 108 Å². The lowest BCUT2D eigenvalue weighted by atomic mass is 9.98. The van der Waals surface area contributed by atoms with Crippen LogP contribution >= 0.6 is 0 Å². The van der Waals surface area contributed by atoms with Crippen molar-refractivity contribution in [3.63, 3.8) is 0 Å². The van der Waals surface area contributed by atoms with Crippen LogP contribution in [0.25, 0.3) is 11.1 Å². The van der Waals surface area contributed by atoms with Gasteiger partial charge in [-0.05, 0) is 73.9 Å². The van der Waals surface area contributed by atoms with E-state index in [0.717, 1.165) is 36.8 Å². The number of piperidine rings is 2. The first-order chi connectivity index (χ1) is 27.0. The zero-order chi connectivity index (χ0) is 39.6. The van der Waals surface area contributed by atoms with E-state index in [2.05, 4.69) is 21.3 Å². The predicted molar refractivity (Wildman–Crippen MR) is 211 cm³/mol. The molecular weight excluding hydrogens is 716 g/mol. The first-order valence-corrected chi connectivity index (χ1v) is 18.6. The molecule has 0 bridgehead atoms. The van der Waals surface area contributed by atoms with Gasteiger partial charge in [0.1, 0.15) is 12.1 Å². The fourth-order valence-corrected chi connectivity index (χ4v) is 7.35. The van der Waals surface area contributed by atoms with Gasteiger partial charge in [-0.1, -0.05) is 72.8 Å². The summed E-state index contributed by atoms with van der Waals surface area (Å²) in [5, 5.41) is 29.8. The van der Waals surface area contributed by atoms with Crippen molar-refractivity contribution in [2.24, 2.45) is 0 Å². The molecule has 0 aromatic heterocycles. The maximum atomic E-state index is 13.6. The summed E-state index contributed by atoms with van der Waals surface area (Å²) in [7, 11) is 0. The van der Waals surface area contributed by atoms with E-state index < -0.39 is 36.1 Å². The Balaban J connectivity index is 1.21. The molecule has 2 atom stereocenters. The molecule has 0 aliphatic carbocycles. The second-order valence-electron chi connectivity index (χ2n) is 13.9. The highest BCUT2D eigenvalue weighted by atomic mass is 16.4. The smallest absolute Gasteiger partial charge is 0.409 e. The molecule has 1 unspecified atom stereocenters. The van der Waals surface area contributed by atoms with E-state index in [0.29, 0.717) is 25.9 Å². The summed E-state index contributed by atoms with van der Waals surface area (Å²) in [6.07, 6.45) is 1.55. The van der Waals surface area contributed by atoms with Crippen molar-refractivity contribution in [3.8, 4) is 11.1 Å². The van der Waals surface area contributed by atoms with Gasteiger partial charge in [0.25, 0.3) is 0 Å². The molecule has 2 aliphatic rings. The third-order valence-corrected chi connectivity index (χ3v) is 10.00. The van der Waals surface area contributed by atoms with Gasteiger partial charge in [0.05, 0.1) is 24.2 Å². The summed E-state index contributed by atoms with van der Waals surface area (Å²) in [5.41, 5.74) is 2.89. The van der Waals surface area contributed by atoms with Crippen LogP contribution in [0.1, 0.15) is 49.7 Å². The van der Waals surface area contributed by atoms with Crippen molar-refractivity contribution in [2.45, 2.75) is 63.5 Å². The van der Waals surface area contributed by atoms with E-state index >= 15 is 0 Å². The second kappa shape index (κ2) is 18.1. The zero-order valence-electron chi connectivity index (χ0n) is 30.7. The standard InChI is InChI=1S/C42H44N6O8/c49-37(23-27-11-3-1-4-12-27)47-21-9-7-15-35(47)39(51)43-29-17-19-31(33(25-29)45-41(53)54)32-20-18-30(26-34(32)46-42(55)56)44-40(52)36-16-8-10-22-48(36)38(50)24-28-13-5-2-6-14-28/h1-6,11-14,17-20,25-26,35-36,45-46H,7-10,15-16,21-24H2,(H,43,51)(H,44,52)(H,53,54)(H,55,56)/t35-,36?/m0/s1. The molecule has 0 radical (unpaired) electrons. The van der Waals surface area contributed by atoms with E-state index in [9.17, 15) is 39.0 Å². The zero-order valence-corrected chi connectivity index (χ0v) is 30.7. The van der Waals surface area contributed by atoms with Crippen molar-refractivity contribution in [2.75, 3.05) is 34.4 Å². The number of carbonyl (C=O) groups excluding carboxylic acids is 4. The third kappa shape index (κ3) is 9.88. The van der Waals surface area contributed by atoms with E-state index in [1.54, 1.807) is 34.1 Å². The average molecular weight is 761 g/mol. The minimum absolute atomic E-state index is 0.0518. The first kappa shape index (κ1) is 39.0. The Morgan fingerprint density at radius 1 is 0.518 bits per heavy atom. The van der Waals surface area contributed by atoms with Crippen LogP contribution in [0.3, 0.4) is 0 Å². The van der Waals surface area contributed by atoms with Crippen LogP contribution < -0.4 is 21.3 Å². The molecule has 6 rings (SSSR count). The lowest BCUT2D eigenvalue weighted by Gasteiger charge is -2.35. The molecule has 4 aromatic carbocycles. The molecule has 2 heterocycles. The van der Waals surface area contributed by atoms with Crippen molar-refractivity contribution >= 4 is 58.6 Å².